The highest BCUT2D eigenvalue weighted by atomic mass is 16.5. The summed E-state index contributed by atoms with van der Waals surface area (Å²) in [5, 5.41) is 0. The highest BCUT2D eigenvalue weighted by molar-refractivity contribution is 5.99. The van der Waals surface area contributed by atoms with Crippen molar-refractivity contribution in [3.63, 3.8) is 0 Å². The summed E-state index contributed by atoms with van der Waals surface area (Å²) in [6.07, 6.45) is 4.00. The zero-order valence-electron chi connectivity index (χ0n) is 11.7. The number of carbonyl (C=O) groups is 3. The lowest BCUT2D eigenvalue weighted by Crippen LogP contribution is -2.17. The van der Waals surface area contributed by atoms with Gasteiger partial charge in [-0.15, -0.1) is 0 Å². The van der Waals surface area contributed by atoms with E-state index in [1.54, 1.807) is 6.92 Å². The SMILES string of the molecule is CC(=O)C1(C)CC1.COC(=O)CC(=O)C1(C)CC1. The number of methoxy groups -OCH3 is 1. The fourth-order valence-electron chi connectivity index (χ4n) is 1.42. The third kappa shape index (κ3) is 3.93. The van der Waals surface area contributed by atoms with Crippen LogP contribution in [0, 0.1) is 10.8 Å². The summed E-state index contributed by atoms with van der Waals surface area (Å²) in [6, 6.07) is 0. The van der Waals surface area contributed by atoms with Crippen molar-refractivity contribution < 1.29 is 19.1 Å². The van der Waals surface area contributed by atoms with Gasteiger partial charge in [-0.2, -0.15) is 0 Å². The van der Waals surface area contributed by atoms with Gasteiger partial charge in [0.15, 0.2) is 0 Å². The van der Waals surface area contributed by atoms with Gasteiger partial charge in [-0.3, -0.25) is 14.4 Å². The molecular weight excluding hydrogens is 232 g/mol. The Morgan fingerprint density at radius 1 is 1.00 bits per heavy atom. The molecule has 0 heterocycles. The second-order valence-electron chi connectivity index (χ2n) is 5.85. The van der Waals surface area contributed by atoms with Crippen LogP contribution in [0.2, 0.25) is 0 Å². The van der Waals surface area contributed by atoms with Crippen molar-refractivity contribution in [3.8, 4) is 0 Å². The van der Waals surface area contributed by atoms with Crippen LogP contribution < -0.4 is 0 Å². The fraction of sp³-hybridized carbons (Fsp3) is 0.786. The minimum absolute atomic E-state index is 0.0179. The Morgan fingerprint density at radius 3 is 1.67 bits per heavy atom. The lowest BCUT2D eigenvalue weighted by atomic mass is 10.0. The minimum atomic E-state index is -0.428. The molecule has 0 spiro atoms. The van der Waals surface area contributed by atoms with E-state index >= 15 is 0 Å². The molecule has 102 valence electrons. The van der Waals surface area contributed by atoms with Gasteiger partial charge in [-0.25, -0.2) is 0 Å². The van der Waals surface area contributed by atoms with E-state index in [0.717, 1.165) is 25.7 Å². The molecule has 2 aliphatic rings. The van der Waals surface area contributed by atoms with Crippen LogP contribution in [-0.4, -0.2) is 24.6 Å². The van der Waals surface area contributed by atoms with Crippen molar-refractivity contribution in [2.45, 2.75) is 52.9 Å². The minimum Gasteiger partial charge on any atom is -0.469 e. The smallest absolute Gasteiger partial charge is 0.313 e. The topological polar surface area (TPSA) is 60.4 Å². The number of ketones is 2. The highest BCUT2D eigenvalue weighted by Crippen LogP contribution is 2.46. The standard InChI is InChI=1S/C8H12O3.C6H10O/c1-8(3-4-8)6(9)5-7(10)11-2;1-5(7)6(2)3-4-6/h3-5H2,1-2H3;3-4H2,1-2H3. The van der Waals surface area contributed by atoms with Gasteiger partial charge < -0.3 is 4.74 Å². The Bertz CT molecular complexity index is 362. The second kappa shape index (κ2) is 5.21. The van der Waals surface area contributed by atoms with Gasteiger partial charge in [-0.05, 0) is 32.6 Å². The first-order valence-corrected chi connectivity index (χ1v) is 6.35. The molecule has 18 heavy (non-hydrogen) atoms. The maximum absolute atomic E-state index is 11.2. The van der Waals surface area contributed by atoms with Crippen LogP contribution in [0.25, 0.3) is 0 Å². The van der Waals surface area contributed by atoms with E-state index in [1.807, 2.05) is 13.8 Å². The third-order valence-electron chi connectivity index (χ3n) is 4.06. The monoisotopic (exact) mass is 254 g/mol. The molecule has 0 bridgehead atoms. The predicted octanol–water partition coefficient (Wildman–Crippen LogP) is 2.29. The van der Waals surface area contributed by atoms with Crippen molar-refractivity contribution in [2.24, 2.45) is 10.8 Å². The van der Waals surface area contributed by atoms with Crippen LogP contribution >= 0.6 is 0 Å². The quantitative estimate of drug-likeness (QED) is 0.570. The molecule has 0 amide bonds. The molecule has 0 saturated heterocycles. The Kier molecular flexibility index (Phi) is 4.30. The number of hydrogen-bond donors (Lipinski definition) is 0. The molecule has 4 nitrogen and oxygen atoms in total. The van der Waals surface area contributed by atoms with Gasteiger partial charge in [0.25, 0.3) is 0 Å². The summed E-state index contributed by atoms with van der Waals surface area (Å²) in [6.45, 7) is 5.58. The molecule has 2 aliphatic carbocycles. The van der Waals surface area contributed by atoms with Crippen molar-refractivity contribution in [1.82, 2.24) is 0 Å². The van der Waals surface area contributed by atoms with Crippen LogP contribution in [0.15, 0.2) is 0 Å². The first kappa shape index (κ1) is 14.9. The molecule has 0 aromatic heterocycles. The Hall–Kier alpha value is -1.19. The van der Waals surface area contributed by atoms with Crippen LogP contribution in [0.4, 0.5) is 0 Å². The van der Waals surface area contributed by atoms with Crippen molar-refractivity contribution in [3.05, 3.63) is 0 Å². The van der Waals surface area contributed by atoms with E-state index in [2.05, 4.69) is 4.74 Å². The number of Topliss-reactive ketones (excluding diaryl/α,β-unsaturated/α-hetero) is 2. The van der Waals surface area contributed by atoms with Gasteiger partial charge in [0.1, 0.15) is 18.0 Å². The summed E-state index contributed by atoms with van der Waals surface area (Å²) >= 11 is 0. The lowest BCUT2D eigenvalue weighted by molar-refractivity contribution is -0.144. The van der Waals surface area contributed by atoms with Gasteiger partial charge in [0, 0.05) is 10.8 Å². The third-order valence-corrected chi connectivity index (χ3v) is 4.06. The van der Waals surface area contributed by atoms with Gasteiger partial charge in [0.05, 0.1) is 7.11 Å². The average Bonchev–Trinajstić information content (AvgIpc) is 3.20. The van der Waals surface area contributed by atoms with E-state index in [4.69, 9.17) is 0 Å². The van der Waals surface area contributed by atoms with Crippen LogP contribution in [0.5, 0.6) is 0 Å². The van der Waals surface area contributed by atoms with Gasteiger partial charge in [0.2, 0.25) is 0 Å². The van der Waals surface area contributed by atoms with E-state index in [-0.39, 0.29) is 23.0 Å². The van der Waals surface area contributed by atoms with Crippen LogP contribution in [0.1, 0.15) is 52.9 Å². The van der Waals surface area contributed by atoms with E-state index in [1.165, 1.54) is 7.11 Å². The van der Waals surface area contributed by atoms with Crippen LogP contribution in [0.3, 0.4) is 0 Å². The molecule has 0 N–H and O–H groups in total. The molecule has 0 radical (unpaired) electrons. The molecule has 2 saturated carbocycles. The summed E-state index contributed by atoms with van der Waals surface area (Å²) in [5.74, 6) is -0.0556. The molecule has 0 aromatic carbocycles. The number of ether oxygens (including phenoxy) is 1. The first-order chi connectivity index (χ1) is 8.23. The molecule has 0 aromatic rings. The summed E-state index contributed by atoms with van der Waals surface area (Å²) in [4.78, 5) is 32.4. The van der Waals surface area contributed by atoms with Crippen molar-refractivity contribution in [1.29, 1.82) is 0 Å². The number of carbonyl (C=O) groups excluding carboxylic acids is 3. The number of esters is 1. The molecular formula is C14H22O4. The van der Waals surface area contributed by atoms with Gasteiger partial charge in [-0.1, -0.05) is 13.8 Å². The van der Waals surface area contributed by atoms with E-state index < -0.39 is 5.97 Å². The number of rotatable bonds is 4. The van der Waals surface area contributed by atoms with Crippen molar-refractivity contribution >= 4 is 17.5 Å². The normalized spacial score (nSPS) is 21.1. The van der Waals surface area contributed by atoms with Crippen molar-refractivity contribution in [2.75, 3.05) is 7.11 Å². The van der Waals surface area contributed by atoms with E-state index in [0.29, 0.717) is 5.78 Å². The maximum atomic E-state index is 11.2. The Morgan fingerprint density at radius 2 is 1.44 bits per heavy atom. The van der Waals surface area contributed by atoms with Gasteiger partial charge >= 0.3 is 5.97 Å². The molecule has 2 fully saturated rings. The zero-order chi connectivity index (χ0) is 14.0. The molecule has 2 rings (SSSR count). The zero-order valence-corrected chi connectivity index (χ0v) is 11.7. The highest BCUT2D eigenvalue weighted by Gasteiger charge is 2.44. The second-order valence-corrected chi connectivity index (χ2v) is 5.85. The fourth-order valence-corrected chi connectivity index (χ4v) is 1.42. The molecule has 0 atom stereocenters. The molecule has 0 unspecified atom stereocenters. The Labute approximate surface area is 108 Å². The largest absolute Gasteiger partial charge is 0.469 e. The summed E-state index contributed by atoms with van der Waals surface area (Å²) < 4.78 is 4.38. The summed E-state index contributed by atoms with van der Waals surface area (Å²) in [5.41, 5.74) is -0.0891. The first-order valence-electron chi connectivity index (χ1n) is 6.35. The maximum Gasteiger partial charge on any atom is 0.313 e. The molecule has 0 aliphatic heterocycles. The lowest BCUT2D eigenvalue weighted by Gasteiger charge is -2.04. The predicted molar refractivity (Wildman–Crippen MR) is 67.0 cm³/mol. The number of hydrogen-bond acceptors (Lipinski definition) is 4. The molecule has 4 heteroatoms. The average molecular weight is 254 g/mol. The van der Waals surface area contributed by atoms with Crippen LogP contribution in [-0.2, 0) is 19.1 Å². The summed E-state index contributed by atoms with van der Waals surface area (Å²) in [7, 11) is 1.30. The Balaban J connectivity index is 0.000000199. The van der Waals surface area contributed by atoms with E-state index in [9.17, 15) is 14.4 Å².